The van der Waals surface area contributed by atoms with Gasteiger partial charge in [0.15, 0.2) is 0 Å². The van der Waals surface area contributed by atoms with E-state index in [9.17, 15) is 0 Å². The fraction of sp³-hybridized carbons (Fsp3) is 0. The summed E-state index contributed by atoms with van der Waals surface area (Å²) in [7, 11) is 0. The van der Waals surface area contributed by atoms with Crippen LogP contribution in [-0.4, -0.2) is 4.40 Å². The van der Waals surface area contributed by atoms with Crippen molar-refractivity contribution in [2.75, 3.05) is 0 Å². The molecule has 3 heterocycles. The number of hydrogen-bond donors (Lipinski definition) is 0. The first kappa shape index (κ1) is 27.3. The Bertz CT molecular complexity index is 3000. The van der Waals surface area contributed by atoms with Crippen molar-refractivity contribution in [3.63, 3.8) is 0 Å². The molecule has 232 valence electrons. The molecule has 0 aliphatic heterocycles. The second kappa shape index (κ2) is 10.4. The maximum absolute atomic E-state index is 6.75. The second-order valence-electron chi connectivity index (χ2n) is 13.3. The van der Waals surface area contributed by atoms with Crippen molar-refractivity contribution in [3.8, 4) is 44.5 Å². The fourth-order valence-electron chi connectivity index (χ4n) is 8.25. The zero-order valence-corrected chi connectivity index (χ0v) is 27.1. The van der Waals surface area contributed by atoms with Gasteiger partial charge in [0.05, 0.1) is 16.6 Å². The topological polar surface area (TPSA) is 17.6 Å². The van der Waals surface area contributed by atoms with Crippen LogP contribution in [0, 0.1) is 0 Å². The van der Waals surface area contributed by atoms with Crippen LogP contribution in [0.4, 0.5) is 0 Å². The molecule has 0 saturated carbocycles. The van der Waals surface area contributed by atoms with E-state index in [4.69, 9.17) is 4.42 Å². The molecule has 0 aliphatic carbocycles. The molecule has 11 rings (SSSR count). The summed E-state index contributed by atoms with van der Waals surface area (Å²) in [6.07, 6.45) is 0. The van der Waals surface area contributed by atoms with Crippen LogP contribution in [0.25, 0.3) is 105 Å². The molecule has 2 nitrogen and oxygen atoms in total. The van der Waals surface area contributed by atoms with Crippen LogP contribution in [0.5, 0.6) is 0 Å². The summed E-state index contributed by atoms with van der Waals surface area (Å²) in [5.74, 6) is 0. The van der Waals surface area contributed by atoms with Crippen molar-refractivity contribution in [1.82, 2.24) is 4.40 Å². The highest BCUT2D eigenvalue weighted by Gasteiger charge is 2.19. The van der Waals surface area contributed by atoms with Gasteiger partial charge in [-0.05, 0) is 69.8 Å². The molecular weight excluding hydrogens is 607 g/mol. The van der Waals surface area contributed by atoms with Crippen molar-refractivity contribution in [3.05, 3.63) is 176 Å². The van der Waals surface area contributed by atoms with Gasteiger partial charge in [0.25, 0.3) is 0 Å². The Morgan fingerprint density at radius 3 is 1.36 bits per heavy atom. The molecular formula is C48H29NO. The Labute approximate surface area is 288 Å². The number of hydrogen-bond acceptors (Lipinski definition) is 1. The molecule has 50 heavy (non-hydrogen) atoms. The summed E-state index contributed by atoms with van der Waals surface area (Å²) in [4.78, 5) is 0. The molecule has 0 aliphatic rings. The number of nitrogens with zero attached hydrogens (tertiary/aromatic N) is 1. The molecule has 0 spiro atoms. The van der Waals surface area contributed by atoms with Gasteiger partial charge in [0.1, 0.15) is 11.2 Å². The average Bonchev–Trinajstić information content (AvgIpc) is 3.85. The molecule has 0 radical (unpaired) electrons. The van der Waals surface area contributed by atoms with Gasteiger partial charge in [-0.3, -0.25) is 0 Å². The van der Waals surface area contributed by atoms with Crippen LogP contribution in [0.15, 0.2) is 180 Å². The lowest BCUT2D eigenvalue weighted by atomic mass is 9.94. The normalized spacial score (nSPS) is 12.0. The van der Waals surface area contributed by atoms with Gasteiger partial charge < -0.3 is 8.82 Å². The van der Waals surface area contributed by atoms with Gasteiger partial charge in [-0.2, -0.15) is 0 Å². The smallest absolute Gasteiger partial charge is 0.143 e. The number of benzene rings is 8. The Morgan fingerprint density at radius 1 is 0.300 bits per heavy atom. The van der Waals surface area contributed by atoms with Crippen LogP contribution in [-0.2, 0) is 0 Å². The summed E-state index contributed by atoms with van der Waals surface area (Å²) in [5.41, 5.74) is 15.0. The zero-order valence-electron chi connectivity index (χ0n) is 27.1. The highest BCUT2D eigenvalue weighted by Crippen LogP contribution is 2.43. The molecule has 8 aromatic carbocycles. The number of para-hydroxylation sites is 4. The van der Waals surface area contributed by atoms with Crippen LogP contribution < -0.4 is 0 Å². The predicted octanol–water partition coefficient (Wildman–Crippen LogP) is 13.4. The molecule has 0 saturated heterocycles. The first-order valence-corrected chi connectivity index (χ1v) is 17.2. The van der Waals surface area contributed by atoms with Crippen molar-refractivity contribution in [2.45, 2.75) is 0 Å². The van der Waals surface area contributed by atoms with Gasteiger partial charge in [0.2, 0.25) is 0 Å². The van der Waals surface area contributed by atoms with Gasteiger partial charge in [-0.25, -0.2) is 0 Å². The second-order valence-corrected chi connectivity index (χ2v) is 13.3. The van der Waals surface area contributed by atoms with E-state index in [1.807, 2.05) is 0 Å². The summed E-state index contributed by atoms with van der Waals surface area (Å²) >= 11 is 0. The van der Waals surface area contributed by atoms with Crippen molar-refractivity contribution < 1.29 is 4.42 Å². The summed E-state index contributed by atoms with van der Waals surface area (Å²) in [5, 5.41) is 7.45. The third-order valence-corrected chi connectivity index (χ3v) is 10.5. The molecule has 11 aromatic rings. The van der Waals surface area contributed by atoms with E-state index in [1.165, 1.54) is 60.3 Å². The van der Waals surface area contributed by atoms with E-state index in [-0.39, 0.29) is 0 Å². The van der Waals surface area contributed by atoms with Gasteiger partial charge in [0, 0.05) is 43.4 Å². The summed E-state index contributed by atoms with van der Waals surface area (Å²) < 4.78 is 9.19. The van der Waals surface area contributed by atoms with Gasteiger partial charge in [-0.1, -0.05) is 140 Å². The lowest BCUT2D eigenvalue weighted by molar-refractivity contribution is 0.671. The highest BCUT2D eigenvalue weighted by atomic mass is 16.3. The minimum absolute atomic E-state index is 0.919. The first-order chi connectivity index (χ1) is 24.8. The van der Waals surface area contributed by atoms with E-state index >= 15 is 0 Å². The maximum atomic E-state index is 6.75. The third-order valence-electron chi connectivity index (χ3n) is 10.5. The molecule has 0 unspecified atom stereocenters. The van der Waals surface area contributed by atoms with Crippen molar-refractivity contribution in [2.24, 2.45) is 0 Å². The van der Waals surface area contributed by atoms with Crippen molar-refractivity contribution in [1.29, 1.82) is 0 Å². The lowest BCUT2D eigenvalue weighted by Crippen LogP contribution is -1.84. The number of aromatic nitrogens is 1. The van der Waals surface area contributed by atoms with Crippen molar-refractivity contribution >= 4 is 60.0 Å². The molecule has 2 heteroatoms. The van der Waals surface area contributed by atoms with E-state index in [1.54, 1.807) is 0 Å². The van der Waals surface area contributed by atoms with E-state index in [2.05, 4.69) is 180 Å². The van der Waals surface area contributed by atoms with Crippen LogP contribution in [0.3, 0.4) is 0 Å². The number of rotatable bonds is 4. The number of furan rings is 1. The lowest BCUT2D eigenvalue weighted by Gasteiger charge is -2.10. The third kappa shape index (κ3) is 3.90. The molecule has 3 aromatic heterocycles. The minimum Gasteiger partial charge on any atom is -0.455 e. The molecule has 0 N–H and O–H groups in total. The van der Waals surface area contributed by atoms with E-state index < -0.39 is 0 Å². The molecule has 0 bridgehead atoms. The Hall–Kier alpha value is -6.64. The first-order valence-electron chi connectivity index (χ1n) is 17.2. The Morgan fingerprint density at radius 2 is 0.740 bits per heavy atom. The summed E-state index contributed by atoms with van der Waals surface area (Å²) in [6, 6.07) is 63.6. The van der Waals surface area contributed by atoms with E-state index in [0.29, 0.717) is 0 Å². The number of fused-ring (bicyclic) bond motifs is 9. The summed E-state index contributed by atoms with van der Waals surface area (Å²) in [6.45, 7) is 0. The van der Waals surface area contributed by atoms with Gasteiger partial charge >= 0.3 is 0 Å². The minimum atomic E-state index is 0.919. The maximum Gasteiger partial charge on any atom is 0.143 e. The quantitative estimate of drug-likeness (QED) is 0.188. The molecule has 0 atom stereocenters. The SMILES string of the molecule is c1ccc(-c2cccc3c2oc2c(-c4cccc(-c5cccc(-c6cc7c8ccccc8n8c9ccccc9c(c6)c78)c5)c4)cccc23)cc1. The standard InChI is InChI=1S/C48H29NO/c1-2-12-30(13-3-1)36-20-10-22-40-41-23-11-21-37(48(41)50-47(36)40)34-17-9-15-32(27-34)31-14-8-16-33(26-31)35-28-42-38-18-4-6-24-44(38)49-45-25-7-5-19-39(45)43(29-35)46(42)49/h1-29H. The average molecular weight is 636 g/mol. The van der Waals surface area contributed by atoms with Crippen LogP contribution >= 0.6 is 0 Å². The molecule has 0 fully saturated rings. The fourth-order valence-corrected chi connectivity index (χ4v) is 8.25. The van der Waals surface area contributed by atoms with E-state index in [0.717, 1.165) is 44.2 Å². The predicted molar refractivity (Wildman–Crippen MR) is 210 cm³/mol. The monoisotopic (exact) mass is 635 g/mol. The highest BCUT2D eigenvalue weighted by molar-refractivity contribution is 6.24. The Balaban J connectivity index is 1.05. The van der Waals surface area contributed by atoms with Crippen LogP contribution in [0.2, 0.25) is 0 Å². The van der Waals surface area contributed by atoms with Gasteiger partial charge in [-0.15, -0.1) is 0 Å². The zero-order chi connectivity index (χ0) is 32.8. The van der Waals surface area contributed by atoms with Crippen LogP contribution in [0.1, 0.15) is 0 Å². The largest absolute Gasteiger partial charge is 0.455 e. The Kier molecular flexibility index (Phi) is 5.70. The molecule has 0 amide bonds.